The van der Waals surface area contributed by atoms with E-state index >= 15 is 0 Å². The molecular weight excluding hydrogens is 260 g/mol. The van der Waals surface area contributed by atoms with Crippen LogP contribution in [-0.2, 0) is 6.54 Å². The molecular formula is C14H16N2O4. The third-order valence-electron chi connectivity index (χ3n) is 2.63. The monoisotopic (exact) mass is 276 g/mol. The van der Waals surface area contributed by atoms with Crippen molar-refractivity contribution >= 4 is 5.91 Å². The van der Waals surface area contributed by atoms with Crippen LogP contribution in [0.3, 0.4) is 0 Å². The van der Waals surface area contributed by atoms with E-state index in [1.165, 1.54) is 6.07 Å². The van der Waals surface area contributed by atoms with Gasteiger partial charge in [-0.1, -0.05) is 16.9 Å². The van der Waals surface area contributed by atoms with Gasteiger partial charge >= 0.3 is 5.91 Å². The van der Waals surface area contributed by atoms with Crippen LogP contribution in [0, 0.1) is 6.92 Å². The minimum Gasteiger partial charge on any atom is -0.484 e. The average Bonchev–Trinajstić information content (AvgIpc) is 2.76. The summed E-state index contributed by atoms with van der Waals surface area (Å²) in [7, 11) is 1.85. The van der Waals surface area contributed by atoms with Gasteiger partial charge in [0, 0.05) is 12.6 Å². The standard InChI is InChI=1S/C14H16N2O4/c1-10-6-13(17)16(20-10)14(18)9-19-12-5-3-4-11(7-12)8-15-2/h3-7,15H,8-9H2,1-2H3. The van der Waals surface area contributed by atoms with Crippen LogP contribution in [0.2, 0.25) is 0 Å². The van der Waals surface area contributed by atoms with Crippen LogP contribution < -0.4 is 15.6 Å². The normalized spacial score (nSPS) is 10.5. The summed E-state index contributed by atoms with van der Waals surface area (Å²) in [5.41, 5.74) is 0.559. The van der Waals surface area contributed by atoms with E-state index < -0.39 is 11.5 Å². The Labute approximate surface area is 115 Å². The van der Waals surface area contributed by atoms with Crippen molar-refractivity contribution < 1.29 is 14.1 Å². The van der Waals surface area contributed by atoms with Gasteiger partial charge in [-0.3, -0.25) is 9.59 Å². The van der Waals surface area contributed by atoms with Crippen molar-refractivity contribution in [2.24, 2.45) is 0 Å². The second-order valence-corrected chi connectivity index (χ2v) is 4.34. The lowest BCUT2D eigenvalue weighted by Crippen LogP contribution is -2.26. The van der Waals surface area contributed by atoms with Crippen molar-refractivity contribution in [3.05, 3.63) is 52.0 Å². The molecule has 0 unspecified atom stereocenters. The smallest absolute Gasteiger partial charge is 0.300 e. The summed E-state index contributed by atoms with van der Waals surface area (Å²) < 4.78 is 11.1. The van der Waals surface area contributed by atoms with Gasteiger partial charge in [0.05, 0.1) is 0 Å². The molecule has 0 aliphatic rings. The van der Waals surface area contributed by atoms with Gasteiger partial charge in [-0.2, -0.15) is 0 Å². The Kier molecular flexibility index (Phi) is 4.37. The maximum atomic E-state index is 11.8. The van der Waals surface area contributed by atoms with Crippen molar-refractivity contribution in [3.63, 3.8) is 0 Å². The third-order valence-corrected chi connectivity index (χ3v) is 2.63. The molecule has 0 spiro atoms. The number of carbonyl (C=O) groups is 1. The molecule has 0 bridgehead atoms. The Hall–Kier alpha value is -2.34. The number of nitrogens with one attached hydrogen (secondary N) is 1. The van der Waals surface area contributed by atoms with Crippen LogP contribution in [0.4, 0.5) is 0 Å². The van der Waals surface area contributed by atoms with E-state index in [0.717, 1.165) is 5.56 Å². The quantitative estimate of drug-likeness (QED) is 0.888. The van der Waals surface area contributed by atoms with Crippen molar-refractivity contribution in [3.8, 4) is 5.75 Å². The van der Waals surface area contributed by atoms with E-state index in [-0.39, 0.29) is 6.61 Å². The number of hydrogen-bond acceptors (Lipinski definition) is 5. The number of nitrogens with zero attached hydrogens (tertiary/aromatic N) is 1. The van der Waals surface area contributed by atoms with E-state index in [2.05, 4.69) is 5.32 Å². The fourth-order valence-electron chi connectivity index (χ4n) is 1.77. The lowest BCUT2D eigenvalue weighted by atomic mass is 10.2. The highest BCUT2D eigenvalue weighted by Crippen LogP contribution is 2.13. The number of rotatable bonds is 5. The topological polar surface area (TPSA) is 73.5 Å². The Morgan fingerprint density at radius 2 is 2.20 bits per heavy atom. The van der Waals surface area contributed by atoms with Crippen molar-refractivity contribution in [1.29, 1.82) is 0 Å². The van der Waals surface area contributed by atoms with Gasteiger partial charge in [-0.15, -0.1) is 0 Å². The first-order chi connectivity index (χ1) is 9.60. The van der Waals surface area contributed by atoms with Crippen LogP contribution in [0.5, 0.6) is 5.75 Å². The maximum absolute atomic E-state index is 11.8. The second kappa shape index (κ2) is 6.21. The summed E-state index contributed by atoms with van der Waals surface area (Å²) in [4.78, 5) is 23.2. The van der Waals surface area contributed by atoms with E-state index in [1.807, 2.05) is 25.2 Å². The van der Waals surface area contributed by atoms with Gasteiger partial charge in [-0.05, 0) is 31.7 Å². The predicted molar refractivity (Wildman–Crippen MR) is 73.0 cm³/mol. The highest BCUT2D eigenvalue weighted by molar-refractivity contribution is 5.78. The average molecular weight is 276 g/mol. The minimum atomic E-state index is -0.540. The molecule has 1 heterocycles. The lowest BCUT2D eigenvalue weighted by molar-refractivity contribution is 0.0703. The summed E-state index contributed by atoms with van der Waals surface area (Å²) >= 11 is 0. The zero-order valence-electron chi connectivity index (χ0n) is 11.4. The van der Waals surface area contributed by atoms with Gasteiger partial charge in [0.25, 0.3) is 5.56 Å². The molecule has 6 nitrogen and oxygen atoms in total. The first kappa shape index (κ1) is 14.1. The fourth-order valence-corrected chi connectivity index (χ4v) is 1.77. The molecule has 20 heavy (non-hydrogen) atoms. The van der Waals surface area contributed by atoms with Gasteiger partial charge in [0.15, 0.2) is 6.61 Å². The van der Waals surface area contributed by atoms with Crippen LogP contribution in [0.15, 0.2) is 39.6 Å². The number of hydrogen-bond donors (Lipinski definition) is 1. The summed E-state index contributed by atoms with van der Waals surface area (Å²) in [5, 5.41) is 3.03. The number of carbonyl (C=O) groups excluding carboxylic acids is 1. The number of ether oxygens (including phenoxy) is 1. The molecule has 6 heteroatoms. The van der Waals surface area contributed by atoms with E-state index in [1.54, 1.807) is 13.0 Å². The minimum absolute atomic E-state index is 0.254. The molecule has 1 N–H and O–H groups in total. The van der Waals surface area contributed by atoms with Crippen molar-refractivity contribution in [2.45, 2.75) is 13.5 Å². The van der Waals surface area contributed by atoms with E-state index in [0.29, 0.717) is 22.8 Å². The molecule has 1 aromatic heterocycles. The molecule has 0 saturated heterocycles. The maximum Gasteiger partial charge on any atom is 0.300 e. The van der Waals surface area contributed by atoms with Crippen molar-refractivity contribution in [2.75, 3.05) is 13.7 Å². The second-order valence-electron chi connectivity index (χ2n) is 4.34. The Balaban J connectivity index is 2.01. The van der Waals surface area contributed by atoms with Gasteiger partial charge in [-0.25, -0.2) is 0 Å². The Morgan fingerprint density at radius 1 is 1.40 bits per heavy atom. The van der Waals surface area contributed by atoms with Gasteiger partial charge in [0.1, 0.15) is 11.5 Å². The van der Waals surface area contributed by atoms with Crippen molar-refractivity contribution in [1.82, 2.24) is 10.1 Å². The van der Waals surface area contributed by atoms with Crippen LogP contribution >= 0.6 is 0 Å². The highest BCUT2D eigenvalue weighted by Gasteiger charge is 2.12. The summed E-state index contributed by atoms with van der Waals surface area (Å²) in [6.45, 7) is 2.06. The molecule has 0 radical (unpaired) electrons. The molecule has 0 atom stereocenters. The molecule has 0 aliphatic carbocycles. The summed E-state index contributed by atoms with van der Waals surface area (Å²) in [5.74, 6) is 0.420. The predicted octanol–water partition coefficient (Wildman–Crippen LogP) is 1.19. The number of aryl methyl sites for hydroxylation is 1. The van der Waals surface area contributed by atoms with Gasteiger partial charge < -0.3 is 14.6 Å². The van der Waals surface area contributed by atoms with E-state index in [4.69, 9.17) is 9.26 Å². The lowest BCUT2D eigenvalue weighted by Gasteiger charge is -2.07. The molecule has 106 valence electrons. The SMILES string of the molecule is CNCc1cccc(OCC(=O)n2oc(C)cc2=O)c1. The molecule has 0 saturated carbocycles. The molecule has 0 amide bonds. The van der Waals surface area contributed by atoms with Crippen LogP contribution in [0.25, 0.3) is 0 Å². The Bertz CT molecular complexity index is 657. The highest BCUT2D eigenvalue weighted by atomic mass is 16.5. The molecule has 2 aromatic rings. The largest absolute Gasteiger partial charge is 0.484 e. The summed E-state index contributed by atoms with van der Waals surface area (Å²) in [6.07, 6.45) is 0. The van der Waals surface area contributed by atoms with Crippen LogP contribution in [-0.4, -0.2) is 24.3 Å². The third kappa shape index (κ3) is 3.36. The van der Waals surface area contributed by atoms with Crippen LogP contribution in [0.1, 0.15) is 16.1 Å². The van der Waals surface area contributed by atoms with E-state index in [9.17, 15) is 9.59 Å². The van der Waals surface area contributed by atoms with Gasteiger partial charge in [0.2, 0.25) is 0 Å². The first-order valence-corrected chi connectivity index (χ1v) is 6.19. The molecule has 1 aromatic carbocycles. The molecule has 2 rings (SSSR count). The number of benzene rings is 1. The number of aromatic nitrogens is 1. The first-order valence-electron chi connectivity index (χ1n) is 6.19. The molecule has 0 aliphatic heterocycles. The Morgan fingerprint density at radius 3 is 2.85 bits per heavy atom. The fraction of sp³-hybridized carbons (Fsp3) is 0.286. The molecule has 0 fully saturated rings. The summed E-state index contributed by atoms with van der Waals surface area (Å²) in [6, 6.07) is 8.63. The zero-order chi connectivity index (χ0) is 14.5. The zero-order valence-corrected chi connectivity index (χ0v) is 11.4.